The maximum absolute atomic E-state index is 13.8. The fourth-order valence-corrected chi connectivity index (χ4v) is 4.61. The number of H-pyrrole nitrogens is 1. The van der Waals surface area contributed by atoms with Gasteiger partial charge in [0, 0.05) is 25.7 Å². The molecule has 1 aromatic heterocycles. The van der Waals surface area contributed by atoms with Gasteiger partial charge in [0.25, 0.3) is 0 Å². The number of aromatic nitrogens is 2. The predicted molar refractivity (Wildman–Crippen MR) is 131 cm³/mol. The maximum Gasteiger partial charge on any atom is 0.326 e. The molecule has 2 aromatic rings. The standard InChI is InChI=1S/C24H33N5O4S/c1-15(2)21(26-12-18-11-25-14-27-18)23(31)29-13-17-7-5-4-6-16(17)10-20(29)22(30)28-19(24(32)33)8-9-34-3/h4-7,11,14-15,19-21,26H,8-10,12-13H2,1-3H3,(H,25,27)(H,28,30)(H,32,33)/t19?,20?,21-/m0/s1. The summed E-state index contributed by atoms with van der Waals surface area (Å²) in [5.74, 6) is -1.11. The van der Waals surface area contributed by atoms with E-state index in [0.717, 1.165) is 16.8 Å². The van der Waals surface area contributed by atoms with Crippen LogP contribution >= 0.6 is 11.8 Å². The van der Waals surface area contributed by atoms with Gasteiger partial charge in [-0.3, -0.25) is 14.9 Å². The van der Waals surface area contributed by atoms with Crippen molar-refractivity contribution in [2.45, 2.75) is 57.9 Å². The number of imidazole rings is 1. The van der Waals surface area contributed by atoms with E-state index in [9.17, 15) is 19.5 Å². The first-order valence-electron chi connectivity index (χ1n) is 11.4. The highest BCUT2D eigenvalue weighted by Crippen LogP contribution is 2.25. The molecule has 9 nitrogen and oxygen atoms in total. The van der Waals surface area contributed by atoms with Crippen molar-refractivity contribution in [1.29, 1.82) is 0 Å². The lowest BCUT2D eigenvalue weighted by Gasteiger charge is -2.39. The van der Waals surface area contributed by atoms with Crippen molar-refractivity contribution in [2.75, 3.05) is 12.0 Å². The number of hydrogen-bond donors (Lipinski definition) is 4. The van der Waals surface area contributed by atoms with E-state index in [0.29, 0.717) is 31.7 Å². The molecule has 0 fully saturated rings. The second kappa shape index (κ2) is 12.0. The molecule has 1 aliphatic rings. The second-order valence-electron chi connectivity index (χ2n) is 8.80. The normalized spacial score (nSPS) is 17.2. The first kappa shape index (κ1) is 25.8. The van der Waals surface area contributed by atoms with Crippen LogP contribution in [0.15, 0.2) is 36.8 Å². The fraction of sp³-hybridized carbons (Fsp3) is 0.500. The molecule has 1 aromatic carbocycles. The Bertz CT molecular complexity index is 982. The summed E-state index contributed by atoms with van der Waals surface area (Å²) in [4.78, 5) is 47.5. The molecule has 0 spiro atoms. The Morgan fingerprint density at radius 3 is 2.62 bits per heavy atom. The van der Waals surface area contributed by atoms with Gasteiger partial charge in [-0.05, 0) is 35.5 Å². The van der Waals surface area contributed by atoms with Gasteiger partial charge in [0.1, 0.15) is 12.1 Å². The summed E-state index contributed by atoms with van der Waals surface area (Å²) in [5.41, 5.74) is 2.77. The Balaban J connectivity index is 1.83. The lowest BCUT2D eigenvalue weighted by molar-refractivity contribution is -0.146. The van der Waals surface area contributed by atoms with Crippen LogP contribution in [0.25, 0.3) is 0 Å². The number of aliphatic carboxylic acids is 1. The summed E-state index contributed by atoms with van der Waals surface area (Å²) in [5, 5.41) is 15.5. The molecule has 0 aliphatic carbocycles. The van der Waals surface area contributed by atoms with Crippen molar-refractivity contribution in [2.24, 2.45) is 5.92 Å². The molecular formula is C24H33N5O4S. The Hall–Kier alpha value is -2.85. The van der Waals surface area contributed by atoms with Gasteiger partial charge in [-0.1, -0.05) is 38.1 Å². The molecule has 1 aliphatic heterocycles. The van der Waals surface area contributed by atoms with Gasteiger partial charge in [-0.15, -0.1) is 0 Å². The predicted octanol–water partition coefficient (Wildman–Crippen LogP) is 1.80. The molecule has 2 heterocycles. The zero-order valence-electron chi connectivity index (χ0n) is 19.8. The van der Waals surface area contributed by atoms with Gasteiger partial charge in [-0.2, -0.15) is 11.8 Å². The Morgan fingerprint density at radius 1 is 1.26 bits per heavy atom. The van der Waals surface area contributed by atoms with E-state index >= 15 is 0 Å². The number of thioether (sulfide) groups is 1. The first-order chi connectivity index (χ1) is 16.3. The molecule has 10 heteroatoms. The summed E-state index contributed by atoms with van der Waals surface area (Å²) >= 11 is 1.52. The van der Waals surface area contributed by atoms with Crippen molar-refractivity contribution in [3.8, 4) is 0 Å². The highest BCUT2D eigenvalue weighted by atomic mass is 32.2. The van der Waals surface area contributed by atoms with Crippen LogP contribution in [0.5, 0.6) is 0 Å². The highest BCUT2D eigenvalue weighted by Gasteiger charge is 2.39. The number of nitrogens with zero attached hydrogens (tertiary/aromatic N) is 2. The zero-order valence-corrected chi connectivity index (χ0v) is 20.6. The minimum absolute atomic E-state index is 0.0272. The van der Waals surface area contributed by atoms with Crippen molar-refractivity contribution < 1.29 is 19.5 Å². The number of carbonyl (C=O) groups excluding carboxylic acids is 2. The van der Waals surface area contributed by atoms with Gasteiger partial charge in [0.2, 0.25) is 11.8 Å². The molecule has 0 saturated heterocycles. The van der Waals surface area contributed by atoms with E-state index < -0.39 is 30.0 Å². The maximum atomic E-state index is 13.8. The quantitative estimate of drug-likeness (QED) is 0.381. The number of rotatable bonds is 11. The summed E-state index contributed by atoms with van der Waals surface area (Å²) in [6.45, 7) is 4.62. The van der Waals surface area contributed by atoms with E-state index in [1.54, 1.807) is 17.4 Å². The van der Waals surface area contributed by atoms with Gasteiger partial charge >= 0.3 is 5.97 Å². The van der Waals surface area contributed by atoms with E-state index in [-0.39, 0.29) is 11.8 Å². The van der Waals surface area contributed by atoms with E-state index in [4.69, 9.17) is 0 Å². The monoisotopic (exact) mass is 487 g/mol. The molecule has 0 radical (unpaired) electrons. The fourth-order valence-electron chi connectivity index (χ4n) is 4.14. The third-order valence-electron chi connectivity index (χ3n) is 6.05. The van der Waals surface area contributed by atoms with Crippen LogP contribution in [-0.4, -0.2) is 67.9 Å². The van der Waals surface area contributed by atoms with Crippen molar-refractivity contribution in [3.05, 3.63) is 53.6 Å². The number of amides is 2. The number of carboxylic acid groups (broad SMARTS) is 1. The van der Waals surface area contributed by atoms with E-state index in [1.165, 1.54) is 11.8 Å². The molecule has 0 saturated carbocycles. The van der Waals surface area contributed by atoms with Crippen LogP contribution in [0.4, 0.5) is 0 Å². The molecular weight excluding hydrogens is 454 g/mol. The van der Waals surface area contributed by atoms with Gasteiger partial charge in [0.05, 0.1) is 18.1 Å². The summed E-state index contributed by atoms with van der Waals surface area (Å²) in [6, 6.07) is 5.44. The largest absolute Gasteiger partial charge is 0.480 e. The number of aromatic amines is 1. The van der Waals surface area contributed by atoms with Gasteiger partial charge < -0.3 is 20.3 Å². The summed E-state index contributed by atoms with van der Waals surface area (Å²) in [6.07, 6.45) is 5.90. The first-order valence-corrected chi connectivity index (χ1v) is 12.8. The third-order valence-corrected chi connectivity index (χ3v) is 6.69. The Kier molecular flexibility index (Phi) is 9.12. The number of fused-ring (bicyclic) bond motifs is 1. The number of benzene rings is 1. The average molecular weight is 488 g/mol. The minimum atomic E-state index is -1.07. The molecule has 184 valence electrons. The molecule has 34 heavy (non-hydrogen) atoms. The van der Waals surface area contributed by atoms with Crippen molar-refractivity contribution in [3.63, 3.8) is 0 Å². The second-order valence-corrected chi connectivity index (χ2v) is 9.78. The van der Waals surface area contributed by atoms with Crippen molar-refractivity contribution >= 4 is 29.5 Å². The topological polar surface area (TPSA) is 127 Å². The summed E-state index contributed by atoms with van der Waals surface area (Å²) < 4.78 is 0. The molecule has 4 N–H and O–H groups in total. The Morgan fingerprint density at radius 2 is 2.00 bits per heavy atom. The van der Waals surface area contributed by atoms with Crippen LogP contribution in [-0.2, 0) is 33.9 Å². The zero-order chi connectivity index (χ0) is 24.7. The van der Waals surface area contributed by atoms with Gasteiger partial charge in [-0.25, -0.2) is 9.78 Å². The van der Waals surface area contributed by atoms with E-state index in [2.05, 4.69) is 20.6 Å². The van der Waals surface area contributed by atoms with E-state index in [1.807, 2.05) is 44.4 Å². The minimum Gasteiger partial charge on any atom is -0.480 e. The molecule has 2 amide bonds. The molecule has 3 atom stereocenters. The SMILES string of the molecule is CSCCC(NC(=O)C1Cc2ccccc2CN1C(=O)[C@@H](NCc1c[nH]cn1)C(C)C)C(=O)O. The molecule has 3 rings (SSSR count). The van der Waals surface area contributed by atoms with Crippen molar-refractivity contribution in [1.82, 2.24) is 25.5 Å². The van der Waals surface area contributed by atoms with Crippen LogP contribution in [0.2, 0.25) is 0 Å². The third kappa shape index (κ3) is 6.38. The number of hydrogen-bond acceptors (Lipinski definition) is 6. The summed E-state index contributed by atoms with van der Waals surface area (Å²) in [7, 11) is 0. The van der Waals surface area contributed by atoms with Gasteiger partial charge in [0.15, 0.2) is 0 Å². The van der Waals surface area contributed by atoms with Crippen LogP contribution in [0.3, 0.4) is 0 Å². The van der Waals surface area contributed by atoms with Crippen LogP contribution < -0.4 is 10.6 Å². The molecule has 2 unspecified atom stereocenters. The lowest BCUT2D eigenvalue weighted by atomic mass is 9.91. The smallest absolute Gasteiger partial charge is 0.326 e. The number of nitrogens with one attached hydrogen (secondary N) is 3. The average Bonchev–Trinajstić information content (AvgIpc) is 3.34. The number of carbonyl (C=O) groups is 3. The van der Waals surface area contributed by atoms with Crippen LogP contribution in [0, 0.1) is 5.92 Å². The van der Waals surface area contributed by atoms with Crippen LogP contribution in [0.1, 0.15) is 37.1 Å². The number of carboxylic acids is 1. The lowest BCUT2D eigenvalue weighted by Crippen LogP contribution is -2.59. The Labute approximate surface area is 204 Å². The molecule has 0 bridgehead atoms. The highest BCUT2D eigenvalue weighted by molar-refractivity contribution is 7.98.